The van der Waals surface area contributed by atoms with Crippen molar-refractivity contribution < 1.29 is 47.8 Å². The molecule has 0 aromatic rings. The number of unbranched alkanes of at least 4 members (excludes halogenated alkanes) is 3. The van der Waals surface area contributed by atoms with Crippen molar-refractivity contribution in [2.24, 2.45) is 0 Å². The minimum atomic E-state index is -4.74. The predicted molar refractivity (Wildman–Crippen MR) is 184 cm³/mol. The summed E-state index contributed by atoms with van der Waals surface area (Å²) in [6, 6.07) is -1.57. The molecule has 11 nitrogen and oxygen atoms in total. The number of carboxylic acids is 1. The minimum Gasteiger partial charge on any atom is -0.480 e. The van der Waals surface area contributed by atoms with E-state index in [2.05, 4.69) is 88.1 Å². The highest BCUT2D eigenvalue weighted by Crippen LogP contribution is 2.43. The Kier molecular flexibility index (Phi) is 28.3. The lowest BCUT2D eigenvalue weighted by molar-refractivity contribution is -0.147. The molecule has 0 aromatic carbocycles. The van der Waals surface area contributed by atoms with Gasteiger partial charge in [-0.05, 0) is 64.2 Å². The summed E-state index contributed by atoms with van der Waals surface area (Å²) in [6.07, 6.45) is 33.7. The second-order valence-electron chi connectivity index (χ2n) is 10.6. The number of ether oxygens (including phenoxy) is 1. The lowest BCUT2D eigenvalue weighted by Gasteiger charge is -2.18. The van der Waals surface area contributed by atoms with E-state index in [9.17, 15) is 34.1 Å². The van der Waals surface area contributed by atoms with E-state index in [-0.39, 0.29) is 12.8 Å². The number of nitrogens with one attached hydrogen (secondary N) is 1. The smallest absolute Gasteiger partial charge is 0.472 e. The number of phosphoric ester groups is 1. The molecule has 0 heterocycles. The van der Waals surface area contributed by atoms with Crippen LogP contribution in [0.5, 0.6) is 0 Å². The van der Waals surface area contributed by atoms with Crippen molar-refractivity contribution in [3.63, 3.8) is 0 Å². The number of esters is 1. The Morgan fingerprint density at radius 1 is 0.702 bits per heavy atom. The number of rotatable bonds is 29. The molecule has 0 fully saturated rings. The van der Waals surface area contributed by atoms with Gasteiger partial charge in [-0.25, -0.2) is 9.36 Å². The Morgan fingerprint density at radius 2 is 1.21 bits per heavy atom. The number of aliphatic hydroxyl groups excluding tert-OH is 1. The summed E-state index contributed by atoms with van der Waals surface area (Å²) in [4.78, 5) is 44.9. The van der Waals surface area contributed by atoms with Gasteiger partial charge >= 0.3 is 19.8 Å². The Hall–Kier alpha value is -3.08. The van der Waals surface area contributed by atoms with Gasteiger partial charge in [0.1, 0.15) is 12.7 Å². The van der Waals surface area contributed by atoms with Crippen molar-refractivity contribution >= 4 is 25.7 Å². The molecule has 0 aliphatic heterocycles. The number of aliphatic carboxylic acids is 1. The fraction of sp³-hybridized carbons (Fsp3) is 0.571. The van der Waals surface area contributed by atoms with E-state index in [0.29, 0.717) is 12.8 Å². The van der Waals surface area contributed by atoms with Crippen LogP contribution in [0.2, 0.25) is 0 Å². The second-order valence-corrected chi connectivity index (χ2v) is 12.1. The Morgan fingerprint density at radius 3 is 1.72 bits per heavy atom. The Labute approximate surface area is 280 Å². The van der Waals surface area contributed by atoms with E-state index < -0.39 is 57.6 Å². The molecular formula is C35H56NO10P. The average Bonchev–Trinajstić information content (AvgIpc) is 3.04. The first-order chi connectivity index (χ1) is 22.6. The van der Waals surface area contributed by atoms with Crippen molar-refractivity contribution in [2.45, 2.75) is 109 Å². The fourth-order valence-electron chi connectivity index (χ4n) is 3.65. The fourth-order valence-corrected chi connectivity index (χ4v) is 4.42. The third kappa shape index (κ3) is 30.0. The van der Waals surface area contributed by atoms with Crippen molar-refractivity contribution in [3.05, 3.63) is 72.9 Å². The van der Waals surface area contributed by atoms with Crippen molar-refractivity contribution in [1.29, 1.82) is 0 Å². The number of phosphoric acid groups is 1. The molecule has 0 aromatic heterocycles. The topological polar surface area (TPSA) is 169 Å². The summed E-state index contributed by atoms with van der Waals surface area (Å²) in [5.74, 6) is -2.49. The normalized spacial score (nSPS) is 15.0. The van der Waals surface area contributed by atoms with Gasteiger partial charge in [-0.2, -0.15) is 0 Å². The lowest BCUT2D eigenvalue weighted by atomic mass is 10.1. The maximum Gasteiger partial charge on any atom is 0.472 e. The van der Waals surface area contributed by atoms with Gasteiger partial charge in [0.15, 0.2) is 6.04 Å². The summed E-state index contributed by atoms with van der Waals surface area (Å²) in [5.41, 5.74) is 0. The molecule has 3 unspecified atom stereocenters. The first-order valence-corrected chi connectivity index (χ1v) is 18.0. The molecule has 0 radical (unpaired) electrons. The summed E-state index contributed by atoms with van der Waals surface area (Å²) >= 11 is 0. The van der Waals surface area contributed by atoms with Crippen LogP contribution in [0.4, 0.5) is 0 Å². The number of allylic oxidation sites excluding steroid dienone is 12. The molecular weight excluding hydrogens is 625 g/mol. The summed E-state index contributed by atoms with van der Waals surface area (Å²) < 4.78 is 26.2. The van der Waals surface area contributed by atoms with E-state index in [1.54, 1.807) is 0 Å². The van der Waals surface area contributed by atoms with Crippen LogP contribution in [0.3, 0.4) is 0 Å². The van der Waals surface area contributed by atoms with Crippen molar-refractivity contribution in [2.75, 3.05) is 19.8 Å². The number of amides is 1. The molecule has 1 amide bonds. The van der Waals surface area contributed by atoms with Gasteiger partial charge < -0.3 is 25.2 Å². The molecule has 3 atom stereocenters. The quantitative estimate of drug-likeness (QED) is 0.0278. The summed E-state index contributed by atoms with van der Waals surface area (Å²) in [5, 5.41) is 21.4. The van der Waals surface area contributed by atoms with Gasteiger partial charge in [-0.3, -0.25) is 18.6 Å². The number of aliphatic hydroxyl groups is 1. The lowest BCUT2D eigenvalue weighted by Crippen LogP contribution is -2.43. The third-order valence-electron chi connectivity index (χ3n) is 6.26. The summed E-state index contributed by atoms with van der Waals surface area (Å²) in [7, 11) is -4.74. The zero-order valence-corrected chi connectivity index (χ0v) is 28.9. The first kappa shape index (κ1) is 43.9. The Bertz CT molecular complexity index is 1080. The van der Waals surface area contributed by atoms with Gasteiger partial charge in [0.2, 0.25) is 5.91 Å². The van der Waals surface area contributed by atoms with Crippen molar-refractivity contribution in [3.8, 4) is 0 Å². The van der Waals surface area contributed by atoms with E-state index in [0.717, 1.165) is 57.8 Å². The number of carbonyl (C=O) groups is 3. The zero-order chi connectivity index (χ0) is 35.0. The molecule has 4 N–H and O–H groups in total. The van der Waals surface area contributed by atoms with E-state index in [4.69, 9.17) is 4.74 Å². The Balaban J connectivity index is 4.07. The van der Waals surface area contributed by atoms with Crippen LogP contribution < -0.4 is 5.32 Å². The third-order valence-corrected chi connectivity index (χ3v) is 7.21. The molecule has 0 rings (SSSR count). The first-order valence-electron chi connectivity index (χ1n) is 16.5. The van der Waals surface area contributed by atoms with E-state index in [1.807, 2.05) is 13.0 Å². The highest BCUT2D eigenvalue weighted by molar-refractivity contribution is 7.47. The van der Waals surface area contributed by atoms with E-state index >= 15 is 0 Å². The molecule has 0 saturated heterocycles. The minimum absolute atomic E-state index is 0.0862. The van der Waals surface area contributed by atoms with E-state index in [1.165, 1.54) is 0 Å². The number of carboxylic acid groups (broad SMARTS) is 1. The van der Waals surface area contributed by atoms with Gasteiger partial charge in [0, 0.05) is 12.8 Å². The largest absolute Gasteiger partial charge is 0.480 e. The van der Waals surface area contributed by atoms with Crippen LogP contribution in [0, 0.1) is 0 Å². The average molecular weight is 682 g/mol. The van der Waals surface area contributed by atoms with Gasteiger partial charge in [-0.1, -0.05) is 93.2 Å². The van der Waals surface area contributed by atoms with Crippen LogP contribution in [-0.4, -0.2) is 64.9 Å². The van der Waals surface area contributed by atoms with Crippen molar-refractivity contribution in [1.82, 2.24) is 5.32 Å². The monoisotopic (exact) mass is 681 g/mol. The zero-order valence-electron chi connectivity index (χ0n) is 28.0. The van der Waals surface area contributed by atoms with Crippen LogP contribution in [-0.2, 0) is 32.7 Å². The standard InChI is InChI=1S/C35H56NO10P/c1-3-5-7-8-9-10-11-12-13-14-15-16-17-18-19-20-21-22-23-24-25-26-33(38)36-32(35(40)41)30-46-47(42,43)45-29-31(37)28-44-34(39)27-6-4-2/h5,7,9-10,12-13,15-16,18-19,21-22,31-32,37H,3-4,6,8,11,14,17,20,23-30H2,1-2H3,(H,36,38)(H,40,41)(H,42,43)/b7-5-,10-9-,13-12-,16-15-,19-18-,22-21-. The maximum atomic E-state index is 12.2. The SMILES string of the molecule is CC/C=C\C/C=C\C/C=C\C/C=C\C/C=C\C/C=C\CCCCC(=O)NC(COP(=O)(O)OCC(O)COC(=O)CCCC)C(=O)O. The number of hydrogen-bond acceptors (Lipinski definition) is 8. The molecule has 47 heavy (non-hydrogen) atoms. The molecule has 0 spiro atoms. The van der Waals surface area contributed by atoms with Crippen LogP contribution in [0.15, 0.2) is 72.9 Å². The van der Waals surface area contributed by atoms with Crippen LogP contribution >= 0.6 is 7.82 Å². The number of carbonyl (C=O) groups excluding carboxylic acids is 2. The van der Waals surface area contributed by atoms with Crippen LogP contribution in [0.25, 0.3) is 0 Å². The number of hydrogen-bond donors (Lipinski definition) is 4. The molecule has 0 saturated carbocycles. The molecule has 0 aliphatic carbocycles. The highest BCUT2D eigenvalue weighted by atomic mass is 31.2. The molecule has 0 bridgehead atoms. The van der Waals surface area contributed by atoms with Crippen LogP contribution in [0.1, 0.15) is 97.3 Å². The molecule has 266 valence electrons. The molecule has 0 aliphatic rings. The van der Waals surface area contributed by atoms with Gasteiger partial charge in [0.05, 0.1) is 13.2 Å². The predicted octanol–water partition coefficient (Wildman–Crippen LogP) is 7.04. The second kappa shape index (κ2) is 30.3. The molecule has 12 heteroatoms. The van der Waals surface area contributed by atoms with Gasteiger partial charge in [0.25, 0.3) is 0 Å². The summed E-state index contributed by atoms with van der Waals surface area (Å²) in [6.45, 7) is 2.10. The maximum absolute atomic E-state index is 12.2. The van der Waals surface area contributed by atoms with Gasteiger partial charge in [-0.15, -0.1) is 0 Å². The highest BCUT2D eigenvalue weighted by Gasteiger charge is 2.28.